The molecular weight excluding hydrogens is 326 g/mol. The topological polar surface area (TPSA) is 64.1 Å². The van der Waals surface area contributed by atoms with Gasteiger partial charge in [0.2, 0.25) is 5.91 Å². The first-order valence-electron chi connectivity index (χ1n) is 6.24. The Balaban J connectivity index is 1.80. The zero-order valence-electron chi connectivity index (χ0n) is 11.7. The predicted molar refractivity (Wildman–Crippen MR) is 88.7 cm³/mol. The summed E-state index contributed by atoms with van der Waals surface area (Å²) in [4.78, 5) is 11.9. The summed E-state index contributed by atoms with van der Waals surface area (Å²) in [6.07, 6.45) is 0. The number of benzene rings is 1. The minimum atomic E-state index is -0.0648. The first-order valence-corrected chi connectivity index (χ1v) is 9.03. The molecule has 0 unspecified atom stereocenters. The summed E-state index contributed by atoms with van der Waals surface area (Å²) in [5, 5.41) is 10.9. The van der Waals surface area contributed by atoms with Gasteiger partial charge in [0, 0.05) is 5.69 Å². The van der Waals surface area contributed by atoms with Crippen molar-refractivity contribution in [1.82, 2.24) is 10.2 Å². The van der Waals surface area contributed by atoms with Gasteiger partial charge in [-0.15, -0.1) is 10.2 Å². The van der Waals surface area contributed by atoms with Gasteiger partial charge in [-0.25, -0.2) is 0 Å². The molecule has 1 N–H and O–H groups in total. The van der Waals surface area contributed by atoms with Crippen LogP contribution in [0.25, 0.3) is 0 Å². The van der Waals surface area contributed by atoms with E-state index in [4.69, 9.17) is 4.74 Å². The molecule has 0 fully saturated rings. The van der Waals surface area contributed by atoms with Gasteiger partial charge in [0.15, 0.2) is 8.68 Å². The average molecular weight is 341 g/mol. The van der Waals surface area contributed by atoms with Crippen LogP contribution in [0.5, 0.6) is 5.75 Å². The van der Waals surface area contributed by atoms with Crippen LogP contribution >= 0.6 is 34.9 Å². The quantitative estimate of drug-likeness (QED) is 0.779. The van der Waals surface area contributed by atoms with Crippen LogP contribution in [0.15, 0.2) is 32.9 Å². The Morgan fingerprint density at radius 2 is 1.90 bits per heavy atom. The van der Waals surface area contributed by atoms with Gasteiger partial charge in [-0.1, -0.05) is 41.8 Å². The number of amides is 1. The predicted octanol–water partition coefficient (Wildman–Crippen LogP) is 3.39. The van der Waals surface area contributed by atoms with Crippen molar-refractivity contribution in [2.24, 2.45) is 0 Å². The van der Waals surface area contributed by atoms with Crippen molar-refractivity contribution in [3.05, 3.63) is 24.3 Å². The zero-order valence-corrected chi connectivity index (χ0v) is 14.1. The van der Waals surface area contributed by atoms with Gasteiger partial charge < -0.3 is 10.1 Å². The fraction of sp³-hybridized carbons (Fsp3) is 0.308. The maximum atomic E-state index is 11.9. The van der Waals surface area contributed by atoms with Crippen molar-refractivity contribution >= 4 is 46.5 Å². The lowest BCUT2D eigenvalue weighted by Crippen LogP contribution is -2.13. The van der Waals surface area contributed by atoms with Crippen molar-refractivity contribution in [3.8, 4) is 5.75 Å². The number of carbonyl (C=O) groups excluding carboxylic acids is 1. The van der Waals surface area contributed by atoms with Crippen LogP contribution in [-0.4, -0.2) is 34.7 Å². The molecule has 0 saturated heterocycles. The van der Waals surface area contributed by atoms with Crippen LogP contribution in [-0.2, 0) is 4.79 Å². The first kappa shape index (κ1) is 16.1. The molecule has 0 aliphatic rings. The van der Waals surface area contributed by atoms with Crippen molar-refractivity contribution in [2.75, 3.05) is 23.9 Å². The van der Waals surface area contributed by atoms with Gasteiger partial charge in [-0.3, -0.25) is 4.79 Å². The maximum Gasteiger partial charge on any atom is 0.234 e. The van der Waals surface area contributed by atoms with Gasteiger partial charge >= 0.3 is 0 Å². The van der Waals surface area contributed by atoms with Crippen LogP contribution in [0, 0.1) is 0 Å². The number of thioether (sulfide) groups is 2. The number of hydrogen-bond donors (Lipinski definition) is 1. The molecule has 1 aromatic carbocycles. The number of nitrogens with one attached hydrogen (secondary N) is 1. The van der Waals surface area contributed by atoms with Gasteiger partial charge in [0.25, 0.3) is 0 Å². The lowest BCUT2D eigenvalue weighted by molar-refractivity contribution is -0.113. The molecule has 2 rings (SSSR count). The van der Waals surface area contributed by atoms with Crippen LogP contribution in [0.3, 0.4) is 0 Å². The van der Waals surface area contributed by atoms with Gasteiger partial charge in [-0.2, -0.15) is 0 Å². The second kappa shape index (κ2) is 8.26. The molecule has 21 heavy (non-hydrogen) atoms. The molecule has 0 saturated carbocycles. The normalized spacial score (nSPS) is 10.4. The first-order chi connectivity index (χ1) is 10.2. The molecule has 0 bridgehead atoms. The molecule has 1 heterocycles. The van der Waals surface area contributed by atoms with Crippen LogP contribution < -0.4 is 10.1 Å². The number of hydrogen-bond acceptors (Lipinski definition) is 7. The second-order valence-electron chi connectivity index (χ2n) is 3.83. The van der Waals surface area contributed by atoms with E-state index >= 15 is 0 Å². The number of aromatic nitrogens is 2. The molecule has 1 amide bonds. The Kier molecular flexibility index (Phi) is 6.34. The highest BCUT2D eigenvalue weighted by Gasteiger charge is 2.08. The molecule has 0 atom stereocenters. The van der Waals surface area contributed by atoms with Gasteiger partial charge in [0.05, 0.1) is 12.9 Å². The van der Waals surface area contributed by atoms with E-state index in [1.165, 1.54) is 23.1 Å². The van der Waals surface area contributed by atoms with E-state index in [2.05, 4.69) is 22.4 Å². The average Bonchev–Trinajstić information content (AvgIpc) is 2.94. The summed E-state index contributed by atoms with van der Waals surface area (Å²) in [6.45, 7) is 2.07. The monoisotopic (exact) mass is 341 g/mol. The fourth-order valence-corrected chi connectivity index (χ4v) is 4.15. The molecule has 0 aliphatic carbocycles. The van der Waals surface area contributed by atoms with E-state index in [-0.39, 0.29) is 5.91 Å². The minimum Gasteiger partial charge on any atom is -0.497 e. The Morgan fingerprint density at radius 1 is 1.24 bits per heavy atom. The molecule has 1 aromatic heterocycles. The van der Waals surface area contributed by atoms with E-state index in [0.29, 0.717) is 5.75 Å². The highest BCUT2D eigenvalue weighted by Crippen LogP contribution is 2.28. The number of nitrogens with zero attached hydrogens (tertiary/aromatic N) is 2. The van der Waals surface area contributed by atoms with Crippen molar-refractivity contribution in [1.29, 1.82) is 0 Å². The summed E-state index contributed by atoms with van der Waals surface area (Å²) in [6, 6.07) is 7.23. The zero-order chi connectivity index (χ0) is 15.1. The molecule has 2 aromatic rings. The molecule has 0 aliphatic heterocycles. The van der Waals surface area contributed by atoms with Gasteiger partial charge in [0.1, 0.15) is 5.75 Å². The van der Waals surface area contributed by atoms with E-state index in [0.717, 1.165) is 25.9 Å². The maximum absolute atomic E-state index is 11.9. The summed E-state index contributed by atoms with van der Waals surface area (Å²) >= 11 is 4.57. The molecule has 8 heteroatoms. The molecule has 0 radical (unpaired) electrons. The van der Waals surface area contributed by atoms with Crippen molar-refractivity contribution in [3.63, 3.8) is 0 Å². The standard InChI is InChI=1S/C13H15N3O2S3/c1-3-19-12-15-16-13(21-12)20-8-11(17)14-9-4-6-10(18-2)7-5-9/h4-7H,3,8H2,1-2H3,(H,14,17). The SMILES string of the molecule is CCSc1nnc(SCC(=O)Nc2ccc(OC)cc2)s1. The van der Waals surface area contributed by atoms with Crippen LogP contribution in [0.4, 0.5) is 5.69 Å². The largest absolute Gasteiger partial charge is 0.497 e. The summed E-state index contributed by atoms with van der Waals surface area (Å²) in [5.41, 5.74) is 0.751. The number of carbonyl (C=O) groups is 1. The van der Waals surface area contributed by atoms with Gasteiger partial charge in [-0.05, 0) is 30.0 Å². The third-order valence-corrected chi connectivity index (χ3v) is 5.43. The van der Waals surface area contributed by atoms with Crippen LogP contribution in [0.1, 0.15) is 6.92 Å². The Bertz CT molecular complexity index is 587. The highest BCUT2D eigenvalue weighted by atomic mass is 32.2. The Morgan fingerprint density at radius 3 is 2.52 bits per heavy atom. The van der Waals surface area contributed by atoms with E-state index in [9.17, 15) is 4.79 Å². The lowest BCUT2D eigenvalue weighted by Gasteiger charge is -2.05. The van der Waals surface area contributed by atoms with Crippen LogP contribution in [0.2, 0.25) is 0 Å². The highest BCUT2D eigenvalue weighted by molar-refractivity contribution is 8.03. The van der Waals surface area contributed by atoms with E-state index in [1.807, 2.05) is 24.3 Å². The third-order valence-electron chi connectivity index (χ3n) is 2.36. The van der Waals surface area contributed by atoms with Crippen molar-refractivity contribution < 1.29 is 9.53 Å². The molecular formula is C13H15N3O2S3. The smallest absolute Gasteiger partial charge is 0.234 e. The molecule has 0 spiro atoms. The van der Waals surface area contributed by atoms with E-state index < -0.39 is 0 Å². The number of methoxy groups -OCH3 is 1. The summed E-state index contributed by atoms with van der Waals surface area (Å²) in [5.74, 6) is 1.98. The Labute approximate surface area is 135 Å². The fourth-order valence-electron chi connectivity index (χ4n) is 1.44. The Hall–Kier alpha value is -1.25. The third kappa shape index (κ3) is 5.22. The van der Waals surface area contributed by atoms with Crippen molar-refractivity contribution in [2.45, 2.75) is 15.6 Å². The van der Waals surface area contributed by atoms with E-state index in [1.54, 1.807) is 18.9 Å². The lowest BCUT2D eigenvalue weighted by atomic mass is 10.3. The number of rotatable bonds is 7. The second-order valence-corrected chi connectivity index (χ2v) is 7.54. The molecule has 112 valence electrons. The number of ether oxygens (including phenoxy) is 1. The number of anilines is 1. The molecule has 5 nitrogen and oxygen atoms in total. The summed E-state index contributed by atoms with van der Waals surface area (Å²) in [7, 11) is 1.61. The minimum absolute atomic E-state index is 0.0648. The summed E-state index contributed by atoms with van der Waals surface area (Å²) < 4.78 is 6.82.